The molecule has 0 atom stereocenters. The Balaban J connectivity index is 1.03. The quantitative estimate of drug-likeness (QED) is 0.313. The minimum Gasteiger partial charge on any atom is -0.356 e. The Labute approximate surface area is 118 Å². The molecule has 0 bridgehead atoms. The van der Waals surface area contributed by atoms with E-state index >= 15 is 0 Å². The van der Waals surface area contributed by atoms with Gasteiger partial charge in [0.1, 0.15) is 0 Å². The van der Waals surface area contributed by atoms with Crippen molar-refractivity contribution in [1.29, 1.82) is 0 Å². The molecule has 0 heterocycles. The molecule has 0 radical (unpaired) electrons. The summed E-state index contributed by atoms with van der Waals surface area (Å²) in [7, 11) is 0. The Kier molecular flexibility index (Phi) is 2.01. The van der Waals surface area contributed by atoms with E-state index in [4.69, 9.17) is 5.53 Å². The van der Waals surface area contributed by atoms with Gasteiger partial charge >= 0.3 is 0 Å². The number of carbonyl (C=O) groups excluding carboxylic acids is 1. The van der Waals surface area contributed by atoms with Crippen LogP contribution in [0.5, 0.6) is 0 Å². The number of amides is 1. The fourth-order valence-electron chi connectivity index (χ4n) is 6.95. The molecule has 1 N–H and O–H groups in total. The van der Waals surface area contributed by atoms with Crippen molar-refractivity contribution in [2.24, 2.45) is 52.0 Å². The van der Waals surface area contributed by atoms with Crippen molar-refractivity contribution in [3.63, 3.8) is 0 Å². The van der Waals surface area contributed by atoms with Gasteiger partial charge in [0.05, 0.1) is 5.41 Å². The minimum absolute atomic E-state index is 0.163. The van der Waals surface area contributed by atoms with E-state index in [0.717, 1.165) is 73.7 Å². The van der Waals surface area contributed by atoms with Crippen LogP contribution in [-0.2, 0) is 4.79 Å². The Morgan fingerprint density at radius 2 is 1.70 bits per heavy atom. The van der Waals surface area contributed by atoms with E-state index in [2.05, 4.69) is 15.3 Å². The number of carbonyl (C=O) groups is 1. The van der Waals surface area contributed by atoms with Crippen LogP contribution in [0.15, 0.2) is 5.11 Å². The zero-order chi connectivity index (χ0) is 13.5. The summed E-state index contributed by atoms with van der Waals surface area (Å²) < 4.78 is 0. The highest BCUT2D eigenvalue weighted by Gasteiger charge is 3.06. The number of nitrogens with zero attached hydrogens (tertiary/aromatic N) is 3. The predicted molar refractivity (Wildman–Crippen MR) is 72.4 cm³/mol. The van der Waals surface area contributed by atoms with E-state index in [0.29, 0.717) is 12.5 Å². The van der Waals surface area contributed by atoms with Crippen molar-refractivity contribution in [2.45, 2.75) is 25.7 Å². The van der Waals surface area contributed by atoms with Gasteiger partial charge in [-0.05, 0) is 59.8 Å². The van der Waals surface area contributed by atoms with Gasteiger partial charge in [-0.3, -0.25) is 4.79 Å². The predicted octanol–water partition coefficient (Wildman–Crippen LogP) is 2.34. The topological polar surface area (TPSA) is 77.9 Å². The molecule has 0 aliphatic heterocycles. The number of unbranched alkanes of at least 4 members (excludes halogenated alkanes) is 3. The zero-order valence-corrected chi connectivity index (χ0v) is 11.5. The maximum atomic E-state index is 12.4. The highest BCUT2D eigenvalue weighted by molar-refractivity contribution is 5.91. The molecule has 0 aromatic carbocycles. The average molecular weight is 272 g/mol. The molecule has 106 valence electrons. The largest absolute Gasteiger partial charge is 0.356 e. The molecule has 5 heteroatoms. The molecular formula is C15H20N4O. The van der Waals surface area contributed by atoms with E-state index in [1.165, 1.54) is 0 Å². The number of hydrogen-bond acceptors (Lipinski definition) is 2. The maximum absolute atomic E-state index is 12.4. The number of azide groups is 1. The third-order valence-corrected chi connectivity index (χ3v) is 7.40. The molecule has 1 amide bonds. The Bertz CT molecular complexity index is 487. The van der Waals surface area contributed by atoms with Crippen LogP contribution >= 0.6 is 0 Å². The van der Waals surface area contributed by atoms with Crippen LogP contribution < -0.4 is 5.32 Å². The molecule has 0 aromatic rings. The summed E-state index contributed by atoms with van der Waals surface area (Å²) in [6.45, 7) is 1.43. The van der Waals surface area contributed by atoms with E-state index in [-0.39, 0.29) is 5.41 Å². The molecule has 20 heavy (non-hydrogen) atoms. The van der Waals surface area contributed by atoms with Crippen LogP contribution in [0.25, 0.3) is 10.4 Å². The lowest BCUT2D eigenvalue weighted by atomic mass is 8.96. The van der Waals surface area contributed by atoms with Crippen LogP contribution in [-0.4, -0.2) is 19.0 Å². The van der Waals surface area contributed by atoms with E-state index in [1.807, 2.05) is 0 Å². The third-order valence-electron chi connectivity index (χ3n) is 7.40. The Hall–Kier alpha value is -1.22. The van der Waals surface area contributed by atoms with Crippen LogP contribution in [0.1, 0.15) is 25.7 Å². The molecular weight excluding hydrogens is 252 g/mol. The molecule has 6 aliphatic carbocycles. The van der Waals surface area contributed by atoms with Crippen molar-refractivity contribution in [2.75, 3.05) is 13.1 Å². The summed E-state index contributed by atoms with van der Waals surface area (Å²) in [5.41, 5.74) is 8.32. The second-order valence-corrected chi connectivity index (χ2v) is 7.44. The molecule has 6 fully saturated rings. The van der Waals surface area contributed by atoms with Crippen LogP contribution in [0, 0.1) is 46.8 Å². The number of rotatable bonds is 8. The van der Waals surface area contributed by atoms with E-state index in [1.54, 1.807) is 0 Å². The molecule has 0 aromatic heterocycles. The summed E-state index contributed by atoms with van der Waals surface area (Å²) in [6, 6.07) is 0. The SMILES string of the molecule is [N-]=[N+]=NCCCCCCNC(=O)C12C3C4C5C3C1C5C42. The first-order valence-electron chi connectivity index (χ1n) is 8.14. The maximum Gasteiger partial charge on any atom is 0.227 e. The van der Waals surface area contributed by atoms with Gasteiger partial charge in [-0.2, -0.15) is 0 Å². The lowest BCUT2D eigenvalue weighted by Gasteiger charge is -3.06. The van der Waals surface area contributed by atoms with E-state index < -0.39 is 0 Å². The lowest BCUT2D eigenvalue weighted by molar-refractivity contribution is -0.596. The third kappa shape index (κ3) is 0.883. The van der Waals surface area contributed by atoms with Crippen LogP contribution in [0.4, 0.5) is 0 Å². The summed E-state index contributed by atoms with van der Waals surface area (Å²) in [5.74, 6) is 6.89. The highest BCUT2D eigenvalue weighted by atomic mass is 16.2. The molecule has 5 nitrogen and oxygen atoms in total. The van der Waals surface area contributed by atoms with Crippen LogP contribution in [0.2, 0.25) is 0 Å². The van der Waals surface area contributed by atoms with Gasteiger partial charge < -0.3 is 5.32 Å². The second kappa shape index (κ2) is 3.51. The first-order valence-corrected chi connectivity index (χ1v) is 8.14. The average Bonchev–Trinajstić information content (AvgIpc) is 2.50. The highest BCUT2D eigenvalue weighted by Crippen LogP contribution is 3.05. The molecule has 0 unspecified atom stereocenters. The molecule has 0 spiro atoms. The Morgan fingerprint density at radius 1 is 1.05 bits per heavy atom. The van der Waals surface area contributed by atoms with Crippen molar-refractivity contribution in [3.05, 3.63) is 10.4 Å². The second-order valence-electron chi connectivity index (χ2n) is 7.44. The fourth-order valence-corrected chi connectivity index (χ4v) is 6.95. The van der Waals surface area contributed by atoms with Gasteiger partial charge in [-0.25, -0.2) is 0 Å². The summed E-state index contributed by atoms with van der Waals surface area (Å²) in [6.07, 6.45) is 4.21. The lowest BCUT2D eigenvalue weighted by Crippen LogP contribution is -3.07. The van der Waals surface area contributed by atoms with E-state index in [9.17, 15) is 4.79 Å². The van der Waals surface area contributed by atoms with Crippen LogP contribution in [0.3, 0.4) is 0 Å². The molecule has 6 saturated carbocycles. The van der Waals surface area contributed by atoms with Crippen molar-refractivity contribution < 1.29 is 4.79 Å². The normalized spacial score (nSPS) is 53.1. The molecule has 6 aliphatic rings. The fraction of sp³-hybridized carbons (Fsp3) is 0.933. The minimum atomic E-state index is 0.163. The van der Waals surface area contributed by atoms with Gasteiger partial charge in [-0.15, -0.1) is 0 Å². The monoisotopic (exact) mass is 272 g/mol. The number of nitrogens with one attached hydrogen (secondary N) is 1. The summed E-state index contributed by atoms with van der Waals surface area (Å²) in [5, 5.41) is 6.72. The Morgan fingerprint density at radius 3 is 2.35 bits per heavy atom. The first kappa shape index (κ1) is 11.4. The molecule has 0 saturated heterocycles. The van der Waals surface area contributed by atoms with Gasteiger partial charge in [0, 0.05) is 18.0 Å². The first-order chi connectivity index (χ1) is 9.85. The van der Waals surface area contributed by atoms with Crippen molar-refractivity contribution in [1.82, 2.24) is 5.32 Å². The van der Waals surface area contributed by atoms with Gasteiger partial charge in [0.2, 0.25) is 5.91 Å². The van der Waals surface area contributed by atoms with Gasteiger partial charge in [0.15, 0.2) is 0 Å². The molecule has 6 rings (SSSR count). The summed E-state index contributed by atoms with van der Waals surface area (Å²) >= 11 is 0. The summed E-state index contributed by atoms with van der Waals surface area (Å²) in [4.78, 5) is 15.2. The standard InChI is InChI=1S/C15H20N4O/c16-19-18-6-4-2-1-3-5-17-14(20)15-11-8-7-9(11)13(15)10(7)12(8)15/h7-13H,1-6H2,(H,17,20). The van der Waals surface area contributed by atoms with Crippen molar-refractivity contribution >= 4 is 5.91 Å². The van der Waals surface area contributed by atoms with Gasteiger partial charge in [0.25, 0.3) is 0 Å². The number of hydrogen-bond donors (Lipinski definition) is 1. The van der Waals surface area contributed by atoms with Crippen molar-refractivity contribution in [3.8, 4) is 0 Å². The van der Waals surface area contributed by atoms with Gasteiger partial charge in [-0.1, -0.05) is 18.0 Å². The smallest absolute Gasteiger partial charge is 0.227 e. The zero-order valence-electron chi connectivity index (χ0n) is 11.5.